The van der Waals surface area contributed by atoms with Crippen molar-refractivity contribution in [3.8, 4) is 0 Å². The molecule has 5 nitrogen and oxygen atoms in total. The number of carboxylic acid groups (broad SMARTS) is 2. The summed E-state index contributed by atoms with van der Waals surface area (Å²) in [5, 5.41) is 18.0. The standard InChI is InChI=1S/C12H11F2NO4/c13-7-3-6(4-8(14)5-7)9-1-2-10(11(16)17)15(9)12(18)19/h3-5,9-10H,1-2H2,(H,16,17)(H,18,19)/t9-,10+/m0/s1. The van der Waals surface area contributed by atoms with Gasteiger partial charge in [0.1, 0.15) is 17.7 Å². The Kier molecular flexibility index (Phi) is 3.37. The number of nitrogens with zero attached hydrogens (tertiary/aromatic N) is 1. The van der Waals surface area contributed by atoms with Crippen LogP contribution in [0.1, 0.15) is 24.4 Å². The Morgan fingerprint density at radius 2 is 1.68 bits per heavy atom. The van der Waals surface area contributed by atoms with E-state index >= 15 is 0 Å². The zero-order valence-electron chi connectivity index (χ0n) is 9.72. The summed E-state index contributed by atoms with van der Waals surface area (Å²) in [4.78, 5) is 22.9. The molecular formula is C12H11F2NO4. The Morgan fingerprint density at radius 3 is 2.16 bits per heavy atom. The molecule has 1 aromatic rings. The molecule has 1 saturated heterocycles. The van der Waals surface area contributed by atoms with Crippen molar-refractivity contribution in [3.05, 3.63) is 35.4 Å². The lowest BCUT2D eigenvalue weighted by Crippen LogP contribution is -2.40. The van der Waals surface area contributed by atoms with Gasteiger partial charge in [0.2, 0.25) is 0 Å². The molecule has 0 spiro atoms. The molecule has 0 aliphatic carbocycles. The first-order chi connectivity index (χ1) is 8.90. The Morgan fingerprint density at radius 1 is 1.11 bits per heavy atom. The van der Waals surface area contributed by atoms with E-state index in [1.165, 1.54) is 0 Å². The molecule has 1 aliphatic rings. The number of carbonyl (C=O) groups is 2. The molecule has 102 valence electrons. The number of hydrogen-bond acceptors (Lipinski definition) is 2. The molecule has 0 unspecified atom stereocenters. The van der Waals surface area contributed by atoms with Gasteiger partial charge in [-0.15, -0.1) is 0 Å². The normalized spacial score (nSPS) is 22.5. The minimum atomic E-state index is -1.42. The summed E-state index contributed by atoms with van der Waals surface area (Å²) in [6.07, 6.45) is -1.09. The Hall–Kier alpha value is -2.18. The van der Waals surface area contributed by atoms with Crippen molar-refractivity contribution in [3.63, 3.8) is 0 Å². The van der Waals surface area contributed by atoms with E-state index in [0.717, 1.165) is 17.0 Å². The first-order valence-electron chi connectivity index (χ1n) is 5.60. The first kappa shape index (κ1) is 13.3. The SMILES string of the molecule is O=C(O)[C@H]1CC[C@@H](c2cc(F)cc(F)c2)N1C(=O)O. The van der Waals surface area contributed by atoms with Crippen LogP contribution in [0.25, 0.3) is 0 Å². The van der Waals surface area contributed by atoms with Crippen LogP contribution in [-0.2, 0) is 4.79 Å². The fourth-order valence-corrected chi connectivity index (χ4v) is 2.42. The molecule has 1 amide bonds. The van der Waals surface area contributed by atoms with Crippen LogP contribution in [0.15, 0.2) is 18.2 Å². The van der Waals surface area contributed by atoms with E-state index < -0.39 is 35.8 Å². The molecule has 2 atom stereocenters. The van der Waals surface area contributed by atoms with Gasteiger partial charge in [0.15, 0.2) is 0 Å². The minimum absolute atomic E-state index is 0.116. The van der Waals surface area contributed by atoms with Crippen molar-refractivity contribution in [2.75, 3.05) is 0 Å². The molecule has 1 fully saturated rings. The van der Waals surface area contributed by atoms with Gasteiger partial charge in [0.25, 0.3) is 0 Å². The summed E-state index contributed by atoms with van der Waals surface area (Å²) in [5.41, 5.74) is 0.128. The summed E-state index contributed by atoms with van der Waals surface area (Å²) in [6.45, 7) is 0. The molecule has 1 aromatic carbocycles. The zero-order chi connectivity index (χ0) is 14.2. The van der Waals surface area contributed by atoms with E-state index in [1.807, 2.05) is 0 Å². The van der Waals surface area contributed by atoms with E-state index in [-0.39, 0.29) is 18.4 Å². The number of hydrogen-bond donors (Lipinski definition) is 2. The predicted octanol–water partition coefficient (Wildman–Crippen LogP) is 2.23. The summed E-state index contributed by atoms with van der Waals surface area (Å²) in [7, 11) is 0. The fraction of sp³-hybridized carbons (Fsp3) is 0.333. The van der Waals surface area contributed by atoms with Gasteiger partial charge < -0.3 is 10.2 Å². The smallest absolute Gasteiger partial charge is 0.408 e. The lowest BCUT2D eigenvalue weighted by Gasteiger charge is -2.25. The van der Waals surface area contributed by atoms with E-state index in [1.54, 1.807) is 0 Å². The van der Waals surface area contributed by atoms with Crippen molar-refractivity contribution < 1.29 is 28.6 Å². The van der Waals surface area contributed by atoms with Crippen molar-refractivity contribution >= 4 is 12.1 Å². The minimum Gasteiger partial charge on any atom is -0.480 e. The molecule has 2 rings (SSSR count). The van der Waals surface area contributed by atoms with Gasteiger partial charge in [-0.1, -0.05) is 0 Å². The van der Waals surface area contributed by atoms with Crippen LogP contribution in [0.3, 0.4) is 0 Å². The van der Waals surface area contributed by atoms with E-state index in [2.05, 4.69) is 0 Å². The highest BCUT2D eigenvalue weighted by atomic mass is 19.1. The third-order valence-corrected chi connectivity index (χ3v) is 3.16. The molecule has 19 heavy (non-hydrogen) atoms. The lowest BCUT2D eigenvalue weighted by atomic mass is 10.0. The molecule has 0 radical (unpaired) electrons. The van der Waals surface area contributed by atoms with Crippen molar-refractivity contribution in [1.82, 2.24) is 4.90 Å². The largest absolute Gasteiger partial charge is 0.480 e. The maximum absolute atomic E-state index is 13.1. The predicted molar refractivity (Wildman–Crippen MR) is 59.6 cm³/mol. The van der Waals surface area contributed by atoms with Gasteiger partial charge >= 0.3 is 12.1 Å². The highest BCUT2D eigenvalue weighted by Crippen LogP contribution is 2.36. The third-order valence-electron chi connectivity index (χ3n) is 3.16. The average Bonchev–Trinajstić information content (AvgIpc) is 2.71. The van der Waals surface area contributed by atoms with Crippen LogP contribution in [0.4, 0.5) is 13.6 Å². The second-order valence-corrected chi connectivity index (χ2v) is 4.34. The van der Waals surface area contributed by atoms with Crippen molar-refractivity contribution in [2.24, 2.45) is 0 Å². The number of rotatable bonds is 2. The Bertz CT molecular complexity index is 514. The quantitative estimate of drug-likeness (QED) is 0.864. The number of halogens is 2. The van der Waals surface area contributed by atoms with Crippen LogP contribution in [-0.4, -0.2) is 33.2 Å². The topological polar surface area (TPSA) is 77.8 Å². The van der Waals surface area contributed by atoms with E-state index in [9.17, 15) is 18.4 Å². The van der Waals surface area contributed by atoms with Gasteiger partial charge in [0, 0.05) is 6.07 Å². The van der Waals surface area contributed by atoms with Gasteiger partial charge in [-0.25, -0.2) is 18.4 Å². The van der Waals surface area contributed by atoms with Crippen LogP contribution in [0.2, 0.25) is 0 Å². The molecule has 0 aromatic heterocycles. The molecular weight excluding hydrogens is 260 g/mol. The highest BCUT2D eigenvalue weighted by molar-refractivity contribution is 5.80. The van der Waals surface area contributed by atoms with E-state index in [0.29, 0.717) is 6.07 Å². The average molecular weight is 271 g/mol. The lowest BCUT2D eigenvalue weighted by molar-refractivity contribution is -0.142. The van der Waals surface area contributed by atoms with Gasteiger partial charge in [0.05, 0.1) is 6.04 Å². The molecule has 1 aliphatic heterocycles. The Balaban J connectivity index is 2.38. The summed E-state index contributed by atoms with van der Waals surface area (Å²) in [5.74, 6) is -2.90. The first-order valence-corrected chi connectivity index (χ1v) is 5.60. The van der Waals surface area contributed by atoms with Crippen molar-refractivity contribution in [1.29, 1.82) is 0 Å². The number of benzene rings is 1. The zero-order valence-corrected chi connectivity index (χ0v) is 9.72. The van der Waals surface area contributed by atoms with Crippen LogP contribution >= 0.6 is 0 Å². The number of carboxylic acids is 1. The summed E-state index contributed by atoms with van der Waals surface area (Å²) >= 11 is 0. The summed E-state index contributed by atoms with van der Waals surface area (Å²) in [6, 6.07) is 0.692. The second kappa shape index (κ2) is 4.83. The molecule has 7 heteroatoms. The van der Waals surface area contributed by atoms with Gasteiger partial charge in [-0.05, 0) is 30.5 Å². The number of likely N-dealkylation sites (tertiary alicyclic amines) is 1. The van der Waals surface area contributed by atoms with Gasteiger partial charge in [-0.3, -0.25) is 4.90 Å². The summed E-state index contributed by atoms with van der Waals surface area (Å²) < 4.78 is 26.3. The third kappa shape index (κ3) is 2.49. The van der Waals surface area contributed by atoms with Crippen LogP contribution in [0, 0.1) is 11.6 Å². The maximum Gasteiger partial charge on any atom is 0.408 e. The monoisotopic (exact) mass is 271 g/mol. The maximum atomic E-state index is 13.1. The molecule has 0 saturated carbocycles. The molecule has 2 N–H and O–H groups in total. The fourth-order valence-electron chi connectivity index (χ4n) is 2.42. The van der Waals surface area contributed by atoms with Crippen LogP contribution < -0.4 is 0 Å². The molecule has 0 bridgehead atoms. The van der Waals surface area contributed by atoms with Crippen LogP contribution in [0.5, 0.6) is 0 Å². The van der Waals surface area contributed by atoms with Crippen molar-refractivity contribution in [2.45, 2.75) is 24.9 Å². The number of amides is 1. The molecule has 1 heterocycles. The Labute approximate surface area is 107 Å². The van der Waals surface area contributed by atoms with Gasteiger partial charge in [-0.2, -0.15) is 0 Å². The highest BCUT2D eigenvalue weighted by Gasteiger charge is 2.42. The van der Waals surface area contributed by atoms with E-state index in [4.69, 9.17) is 10.2 Å². The number of aliphatic carboxylic acids is 1. The second-order valence-electron chi connectivity index (χ2n) is 4.34.